The van der Waals surface area contributed by atoms with Crippen molar-refractivity contribution < 1.29 is 22.3 Å². The number of sulfonamides is 1. The first kappa shape index (κ1) is 22.7. The molecule has 4 rings (SSSR count). The van der Waals surface area contributed by atoms with E-state index in [4.69, 9.17) is 4.74 Å². The Morgan fingerprint density at radius 3 is 2.62 bits per heavy atom. The predicted molar refractivity (Wildman–Crippen MR) is 121 cm³/mol. The summed E-state index contributed by atoms with van der Waals surface area (Å²) in [6.45, 7) is 5.64. The van der Waals surface area contributed by atoms with Gasteiger partial charge in [0.1, 0.15) is 17.9 Å². The van der Waals surface area contributed by atoms with Crippen molar-refractivity contribution in [1.29, 1.82) is 0 Å². The maximum atomic E-state index is 14.0. The van der Waals surface area contributed by atoms with Gasteiger partial charge in [-0.15, -0.1) is 0 Å². The van der Waals surface area contributed by atoms with Gasteiger partial charge in [-0.25, -0.2) is 12.8 Å². The van der Waals surface area contributed by atoms with Crippen molar-refractivity contribution in [2.75, 3.05) is 31.1 Å². The lowest BCUT2D eigenvalue weighted by Gasteiger charge is -2.21. The zero-order chi connectivity index (χ0) is 22.9. The second kappa shape index (κ2) is 9.19. The number of nitrogens with zero attached hydrogens (tertiary/aromatic N) is 2. The van der Waals surface area contributed by atoms with E-state index in [0.29, 0.717) is 31.8 Å². The van der Waals surface area contributed by atoms with Gasteiger partial charge >= 0.3 is 0 Å². The van der Waals surface area contributed by atoms with Crippen LogP contribution in [-0.2, 0) is 14.8 Å². The summed E-state index contributed by atoms with van der Waals surface area (Å²) in [6.07, 6.45) is 2.47. The van der Waals surface area contributed by atoms with Crippen LogP contribution >= 0.6 is 0 Å². The number of rotatable bonds is 8. The number of carbonyl (C=O) groups excluding carboxylic acids is 1. The third-order valence-corrected chi connectivity index (χ3v) is 8.45. The first-order valence-electron chi connectivity index (χ1n) is 11.1. The Balaban J connectivity index is 1.50. The second-order valence-electron chi connectivity index (χ2n) is 8.60. The molecule has 0 aromatic heterocycles. The van der Waals surface area contributed by atoms with E-state index in [0.717, 1.165) is 24.0 Å². The van der Waals surface area contributed by atoms with Crippen molar-refractivity contribution in [3.8, 4) is 5.75 Å². The molecule has 0 aliphatic carbocycles. The SMILES string of the molecule is CC[C@@H](C)Oc1ccc(S(=O)(=O)N2CCC(C3CN(CC=O)c4ccc(F)cc43)C2)cc1. The van der Waals surface area contributed by atoms with E-state index >= 15 is 0 Å². The van der Waals surface area contributed by atoms with Crippen LogP contribution < -0.4 is 9.64 Å². The largest absolute Gasteiger partial charge is 0.491 e. The molecule has 0 N–H and O–H groups in total. The molecule has 2 heterocycles. The summed E-state index contributed by atoms with van der Waals surface area (Å²) in [5, 5.41) is 0. The first-order valence-corrected chi connectivity index (χ1v) is 12.5. The van der Waals surface area contributed by atoms with E-state index in [1.165, 1.54) is 16.4 Å². The molecule has 2 aromatic carbocycles. The van der Waals surface area contributed by atoms with Gasteiger partial charge in [0.05, 0.1) is 17.5 Å². The van der Waals surface area contributed by atoms with Crippen LogP contribution in [0.1, 0.15) is 38.2 Å². The van der Waals surface area contributed by atoms with Gasteiger partial charge in [0.15, 0.2) is 0 Å². The van der Waals surface area contributed by atoms with Crippen molar-refractivity contribution in [2.45, 2.75) is 43.6 Å². The lowest BCUT2D eigenvalue weighted by atomic mass is 9.87. The van der Waals surface area contributed by atoms with Crippen molar-refractivity contribution in [2.24, 2.45) is 5.92 Å². The fourth-order valence-electron chi connectivity index (χ4n) is 4.67. The van der Waals surface area contributed by atoms with E-state index in [1.807, 2.05) is 18.7 Å². The van der Waals surface area contributed by atoms with Crippen molar-refractivity contribution in [1.82, 2.24) is 4.31 Å². The maximum absolute atomic E-state index is 14.0. The molecular weight excluding hydrogens is 431 g/mol. The number of halogens is 1. The normalized spacial score (nSPS) is 22.0. The summed E-state index contributed by atoms with van der Waals surface area (Å²) >= 11 is 0. The molecule has 2 aliphatic heterocycles. The van der Waals surface area contributed by atoms with Gasteiger partial charge in [-0.05, 0) is 73.7 Å². The summed E-state index contributed by atoms with van der Waals surface area (Å²) in [5.74, 6) is 0.392. The fourth-order valence-corrected chi connectivity index (χ4v) is 6.18. The Kier molecular flexibility index (Phi) is 6.53. The van der Waals surface area contributed by atoms with Crippen LogP contribution in [0.2, 0.25) is 0 Å². The first-order chi connectivity index (χ1) is 15.3. The molecule has 8 heteroatoms. The van der Waals surface area contributed by atoms with Crippen molar-refractivity contribution in [3.05, 3.63) is 53.8 Å². The van der Waals surface area contributed by atoms with Gasteiger partial charge in [0, 0.05) is 31.2 Å². The van der Waals surface area contributed by atoms with Crippen LogP contribution in [-0.4, -0.2) is 51.3 Å². The number of fused-ring (bicyclic) bond motifs is 1. The quantitative estimate of drug-likeness (QED) is 0.561. The molecule has 0 radical (unpaired) electrons. The number of anilines is 1. The lowest BCUT2D eigenvalue weighted by molar-refractivity contribution is -0.106. The average Bonchev–Trinajstić information content (AvgIpc) is 3.40. The van der Waals surface area contributed by atoms with Crippen LogP contribution in [0, 0.1) is 11.7 Å². The van der Waals surface area contributed by atoms with E-state index in [9.17, 15) is 17.6 Å². The third kappa shape index (κ3) is 4.38. The minimum Gasteiger partial charge on any atom is -0.491 e. The highest BCUT2D eigenvalue weighted by Gasteiger charge is 2.41. The summed E-state index contributed by atoms with van der Waals surface area (Å²) in [5.41, 5.74) is 1.73. The highest BCUT2D eigenvalue weighted by atomic mass is 32.2. The predicted octanol–water partition coefficient (Wildman–Crippen LogP) is 3.82. The van der Waals surface area contributed by atoms with Gasteiger partial charge in [0.2, 0.25) is 10.0 Å². The third-order valence-electron chi connectivity index (χ3n) is 6.57. The van der Waals surface area contributed by atoms with E-state index in [2.05, 4.69) is 0 Å². The summed E-state index contributed by atoms with van der Waals surface area (Å²) in [7, 11) is -3.63. The zero-order valence-electron chi connectivity index (χ0n) is 18.4. The maximum Gasteiger partial charge on any atom is 0.243 e. The number of hydrogen-bond donors (Lipinski definition) is 0. The van der Waals surface area contributed by atoms with E-state index in [-0.39, 0.29) is 35.2 Å². The number of carbonyl (C=O) groups is 1. The number of hydrogen-bond acceptors (Lipinski definition) is 5. The standard InChI is InChI=1S/C24H29FN2O4S/c1-3-17(2)31-20-5-7-21(8-6-20)32(29,30)27-11-10-18(15-27)23-16-26(12-13-28)24-9-4-19(25)14-22(23)24/h4-9,13-14,17-18,23H,3,10-12,15-16H2,1-2H3/t17-,18?,23?/m1/s1. The molecule has 0 saturated carbocycles. The zero-order valence-corrected chi connectivity index (χ0v) is 19.2. The molecule has 1 saturated heterocycles. The minimum absolute atomic E-state index is 0.00726. The molecular formula is C24H29FN2O4S. The Morgan fingerprint density at radius 1 is 1.19 bits per heavy atom. The Bertz CT molecular complexity index is 1070. The van der Waals surface area contributed by atoms with Gasteiger partial charge in [-0.3, -0.25) is 0 Å². The highest BCUT2D eigenvalue weighted by Crippen LogP contribution is 2.44. The Morgan fingerprint density at radius 2 is 1.94 bits per heavy atom. The second-order valence-corrected chi connectivity index (χ2v) is 10.5. The highest BCUT2D eigenvalue weighted by molar-refractivity contribution is 7.89. The molecule has 2 aliphatic rings. The van der Waals surface area contributed by atoms with Gasteiger partial charge < -0.3 is 14.4 Å². The Hall–Kier alpha value is -2.45. The van der Waals surface area contributed by atoms with Crippen LogP contribution in [0.5, 0.6) is 5.75 Å². The molecule has 6 nitrogen and oxygen atoms in total. The molecule has 172 valence electrons. The molecule has 0 spiro atoms. The van der Waals surface area contributed by atoms with Gasteiger partial charge in [-0.2, -0.15) is 4.31 Å². The number of ether oxygens (including phenoxy) is 1. The average molecular weight is 461 g/mol. The molecule has 1 fully saturated rings. The van der Waals surface area contributed by atoms with Crippen molar-refractivity contribution >= 4 is 22.0 Å². The lowest BCUT2D eigenvalue weighted by Crippen LogP contribution is -2.31. The van der Waals surface area contributed by atoms with Gasteiger partial charge in [-0.1, -0.05) is 6.92 Å². The van der Waals surface area contributed by atoms with E-state index in [1.54, 1.807) is 30.3 Å². The monoisotopic (exact) mass is 460 g/mol. The van der Waals surface area contributed by atoms with Crippen LogP contribution in [0.25, 0.3) is 0 Å². The molecule has 0 amide bonds. The molecule has 0 bridgehead atoms. The fraction of sp³-hybridized carbons (Fsp3) is 0.458. The van der Waals surface area contributed by atoms with Crippen LogP contribution in [0.15, 0.2) is 47.4 Å². The van der Waals surface area contributed by atoms with Gasteiger partial charge in [0.25, 0.3) is 0 Å². The van der Waals surface area contributed by atoms with E-state index < -0.39 is 10.0 Å². The van der Waals surface area contributed by atoms with Crippen molar-refractivity contribution in [3.63, 3.8) is 0 Å². The summed E-state index contributed by atoms with van der Waals surface area (Å²) in [4.78, 5) is 13.3. The van der Waals surface area contributed by atoms with Crippen LogP contribution in [0.4, 0.5) is 10.1 Å². The molecule has 32 heavy (non-hydrogen) atoms. The Labute approximate surface area is 189 Å². The van der Waals surface area contributed by atoms with Crippen LogP contribution in [0.3, 0.4) is 0 Å². The molecule has 3 atom stereocenters. The molecule has 2 unspecified atom stereocenters. The summed E-state index contributed by atoms with van der Waals surface area (Å²) < 4.78 is 47.7. The molecule has 2 aromatic rings. The smallest absolute Gasteiger partial charge is 0.243 e. The topological polar surface area (TPSA) is 66.9 Å². The number of aldehydes is 1. The number of benzene rings is 2. The summed E-state index contributed by atoms with van der Waals surface area (Å²) in [6, 6.07) is 11.2. The minimum atomic E-state index is -3.63.